The number of hydrogen-bond acceptors (Lipinski definition) is 10. The zero-order chi connectivity index (χ0) is 31.3. The molecule has 3 unspecified atom stereocenters. The lowest BCUT2D eigenvalue weighted by atomic mass is 9.90. The monoisotopic (exact) mass is 605 g/mol. The van der Waals surface area contributed by atoms with Gasteiger partial charge in [0.2, 0.25) is 17.4 Å². The number of carboxylic acids is 1. The van der Waals surface area contributed by atoms with E-state index >= 15 is 0 Å². The third kappa shape index (κ3) is 6.31. The minimum atomic E-state index is -3.12. The number of fused-ring (bicyclic) bond motifs is 1. The van der Waals surface area contributed by atoms with Crippen molar-refractivity contribution in [3.05, 3.63) is 54.2 Å². The number of pyridine rings is 2. The van der Waals surface area contributed by atoms with E-state index in [0.29, 0.717) is 10.7 Å². The first-order valence-corrected chi connectivity index (χ1v) is 13.8. The van der Waals surface area contributed by atoms with Gasteiger partial charge in [0.05, 0.1) is 19.2 Å². The quantitative estimate of drug-likeness (QED) is 0.166. The number of aromatic nitrogens is 2. The van der Waals surface area contributed by atoms with Crippen LogP contribution in [0.2, 0.25) is 0 Å². The maximum atomic E-state index is 13.8. The van der Waals surface area contributed by atoms with Gasteiger partial charge >= 0.3 is 11.9 Å². The van der Waals surface area contributed by atoms with E-state index in [1.54, 1.807) is 27.0 Å². The van der Waals surface area contributed by atoms with Gasteiger partial charge in [-0.25, -0.2) is 18.1 Å². The summed E-state index contributed by atoms with van der Waals surface area (Å²) in [5, 5.41) is 11.2. The fourth-order valence-corrected chi connectivity index (χ4v) is 5.19. The van der Waals surface area contributed by atoms with Crippen LogP contribution in [0.25, 0.3) is 10.9 Å². The molecule has 0 fully saturated rings. The van der Waals surface area contributed by atoms with E-state index in [2.05, 4.69) is 9.97 Å². The van der Waals surface area contributed by atoms with E-state index in [0.717, 1.165) is 37.6 Å². The Labute approximate surface area is 246 Å². The highest BCUT2D eigenvalue weighted by Gasteiger charge is 2.68. The Kier molecular flexibility index (Phi) is 10.1. The van der Waals surface area contributed by atoms with Crippen LogP contribution in [-0.2, 0) is 41.5 Å². The van der Waals surface area contributed by atoms with Crippen molar-refractivity contribution in [3.63, 3.8) is 0 Å². The van der Waals surface area contributed by atoms with Crippen molar-refractivity contribution in [2.75, 3.05) is 32.2 Å². The topological polar surface area (TPSA) is 167 Å². The van der Waals surface area contributed by atoms with Gasteiger partial charge < -0.3 is 28.8 Å². The maximum Gasteiger partial charge on any atom is 0.365 e. The number of rotatable bonds is 13. The van der Waals surface area contributed by atoms with Crippen molar-refractivity contribution in [2.24, 2.45) is 0 Å². The number of carbonyl (C=O) groups is 2. The lowest BCUT2D eigenvalue weighted by Gasteiger charge is -2.47. The highest BCUT2D eigenvalue weighted by molar-refractivity contribution is 7.80. The van der Waals surface area contributed by atoms with Crippen LogP contribution in [0.15, 0.2) is 48.7 Å². The summed E-state index contributed by atoms with van der Waals surface area (Å²) in [6, 6.07) is 12.0. The molecule has 3 atom stereocenters. The minimum Gasteiger partial charge on any atom is -0.481 e. The number of ether oxygens (including phenoxy) is 5. The molecule has 1 aromatic carbocycles. The Balaban J connectivity index is 2.17. The number of aliphatic carboxylic acids is 1. The first-order chi connectivity index (χ1) is 19.8. The fourth-order valence-electron chi connectivity index (χ4n) is 4.34. The summed E-state index contributed by atoms with van der Waals surface area (Å²) in [5.41, 5.74) is -5.15. The van der Waals surface area contributed by atoms with E-state index in [9.17, 15) is 23.5 Å². The molecule has 2 heterocycles. The number of hydrogen-bond donors (Lipinski definition) is 2. The highest BCUT2D eigenvalue weighted by Crippen LogP contribution is 2.43. The molecule has 13 nitrogen and oxygen atoms in total. The van der Waals surface area contributed by atoms with Gasteiger partial charge in [-0.2, -0.15) is 4.98 Å². The normalized spacial score (nSPS) is 15.2. The van der Waals surface area contributed by atoms with Gasteiger partial charge in [-0.3, -0.25) is 9.54 Å². The summed E-state index contributed by atoms with van der Waals surface area (Å²) in [4.78, 5) is 35.1. The van der Waals surface area contributed by atoms with Crippen molar-refractivity contribution in [1.82, 2.24) is 9.97 Å². The summed E-state index contributed by atoms with van der Waals surface area (Å²) in [7, 11) is 3.38. The molecule has 2 N–H and O–H groups in total. The Hall–Kier alpha value is -3.85. The molecule has 0 aliphatic rings. The van der Waals surface area contributed by atoms with Crippen molar-refractivity contribution >= 4 is 39.8 Å². The molecule has 0 spiro atoms. The molecule has 228 valence electrons. The van der Waals surface area contributed by atoms with Crippen LogP contribution >= 0.6 is 0 Å². The zero-order valence-electron chi connectivity index (χ0n) is 24.4. The molecular weight excluding hydrogens is 570 g/mol. The van der Waals surface area contributed by atoms with Crippen LogP contribution in [0.3, 0.4) is 0 Å². The number of esters is 1. The molecule has 0 bridgehead atoms. The molecule has 14 heteroatoms. The lowest BCUT2D eigenvalue weighted by Crippen LogP contribution is -2.73. The fraction of sp³-hybridized carbons (Fsp3) is 0.429. The summed E-state index contributed by atoms with van der Waals surface area (Å²) < 4.78 is 51.8. The van der Waals surface area contributed by atoms with E-state index in [4.69, 9.17) is 23.7 Å². The second kappa shape index (κ2) is 13.0. The average molecular weight is 606 g/mol. The summed E-state index contributed by atoms with van der Waals surface area (Å²) >= 11 is -3.12. The maximum absolute atomic E-state index is 13.8. The van der Waals surface area contributed by atoms with Crippen molar-refractivity contribution < 1.29 is 47.1 Å². The zero-order valence-corrected chi connectivity index (χ0v) is 25.3. The number of para-hydroxylation sites is 1. The van der Waals surface area contributed by atoms with Gasteiger partial charge in [-0.1, -0.05) is 18.2 Å². The van der Waals surface area contributed by atoms with Crippen LogP contribution in [0.5, 0.6) is 11.8 Å². The molecule has 0 radical (unpaired) electrons. The molecular formula is C28H35N3O10S. The van der Waals surface area contributed by atoms with Crippen LogP contribution in [0.4, 0.5) is 5.69 Å². The SMILES string of the molecule is COc1ccc(N(S(=O)O)C(OC)(C(=O)OC(C)(C)C)C(C)(OC)C(=O)O)c(OCCc2ccnc3ccccc23)n1. The van der Waals surface area contributed by atoms with Crippen molar-refractivity contribution in [3.8, 4) is 11.8 Å². The molecule has 0 saturated heterocycles. The van der Waals surface area contributed by atoms with E-state index < -0.39 is 40.1 Å². The number of carbonyl (C=O) groups excluding carboxylic acids is 1. The van der Waals surface area contributed by atoms with Crippen molar-refractivity contribution in [2.45, 2.75) is 51.0 Å². The highest BCUT2D eigenvalue weighted by atomic mass is 32.2. The smallest absolute Gasteiger partial charge is 0.365 e. The Morgan fingerprint density at radius 2 is 1.69 bits per heavy atom. The first kappa shape index (κ1) is 32.7. The van der Waals surface area contributed by atoms with Crippen molar-refractivity contribution in [1.29, 1.82) is 0 Å². The Bertz CT molecular complexity index is 1460. The van der Waals surface area contributed by atoms with Gasteiger partial charge in [0.25, 0.3) is 17.0 Å². The average Bonchev–Trinajstić information content (AvgIpc) is 2.94. The van der Waals surface area contributed by atoms with Crippen LogP contribution in [0.1, 0.15) is 33.3 Å². The number of methoxy groups -OCH3 is 3. The number of nitrogens with zero attached hydrogens (tertiary/aromatic N) is 3. The molecule has 3 rings (SSSR count). The first-order valence-electron chi connectivity index (χ1n) is 12.7. The Morgan fingerprint density at radius 1 is 1.00 bits per heavy atom. The van der Waals surface area contributed by atoms with Gasteiger partial charge in [-0.05, 0) is 51.5 Å². The third-order valence-corrected chi connectivity index (χ3v) is 7.23. The van der Waals surface area contributed by atoms with Gasteiger partial charge in [0.1, 0.15) is 11.3 Å². The largest absolute Gasteiger partial charge is 0.481 e. The summed E-state index contributed by atoms with van der Waals surface area (Å²) in [6.45, 7) is 5.68. The molecule has 0 aliphatic heterocycles. The van der Waals surface area contributed by atoms with Gasteiger partial charge in [0.15, 0.2) is 0 Å². The molecule has 2 aromatic heterocycles. The molecule has 42 heavy (non-hydrogen) atoms. The molecule has 3 aromatic rings. The molecule has 0 saturated carbocycles. The Morgan fingerprint density at radius 3 is 2.26 bits per heavy atom. The van der Waals surface area contributed by atoms with E-state index in [1.807, 2.05) is 30.3 Å². The van der Waals surface area contributed by atoms with Gasteiger partial charge in [0, 0.05) is 38.3 Å². The lowest BCUT2D eigenvalue weighted by molar-refractivity contribution is -0.221. The molecule has 0 amide bonds. The van der Waals surface area contributed by atoms with Crippen LogP contribution < -0.4 is 13.8 Å². The second-order valence-electron chi connectivity index (χ2n) is 10.2. The predicted molar refractivity (Wildman–Crippen MR) is 154 cm³/mol. The summed E-state index contributed by atoms with van der Waals surface area (Å²) in [6.07, 6.45) is 2.06. The molecule has 0 aliphatic carbocycles. The van der Waals surface area contributed by atoms with E-state index in [1.165, 1.54) is 19.2 Å². The van der Waals surface area contributed by atoms with E-state index in [-0.39, 0.29) is 24.1 Å². The summed E-state index contributed by atoms with van der Waals surface area (Å²) in [5.74, 6) is -3.15. The van der Waals surface area contributed by atoms with Crippen LogP contribution in [0, 0.1) is 0 Å². The van der Waals surface area contributed by atoms with Gasteiger partial charge in [-0.15, -0.1) is 0 Å². The minimum absolute atomic E-state index is 0.0278. The number of anilines is 1. The standard InChI is InChI=1S/C28H35N3O10S/c1-26(2,3)41-25(34)28(39-7,27(4,38-6)24(32)33)31(42(35)36)21-12-13-22(37-5)30-23(21)40-17-15-18-14-16-29-20-11-9-8-10-19(18)20/h8-14,16H,15,17H2,1-7H3,(H,32,33)(H,35,36). The number of carboxylic acid groups (broad SMARTS) is 1. The second-order valence-corrected chi connectivity index (χ2v) is 11.0. The van der Waals surface area contributed by atoms with Crippen LogP contribution in [-0.4, -0.2) is 80.6 Å². The number of benzene rings is 1. The predicted octanol–water partition coefficient (Wildman–Crippen LogP) is 3.38. The third-order valence-electron chi connectivity index (χ3n) is 6.47.